The Morgan fingerprint density at radius 2 is 1.83 bits per heavy atom. The number of sulfonamides is 1. The SMILES string of the molecule is COc1ccccc1C(=O)C1CCCN(CC(=O)c2ccc(NS(C)(=O)=O)cc2)C1. The maximum Gasteiger partial charge on any atom is 0.229 e. The van der Waals surface area contributed by atoms with Crippen LogP contribution in [0.5, 0.6) is 5.75 Å². The van der Waals surface area contributed by atoms with Crippen molar-refractivity contribution in [3.05, 3.63) is 59.7 Å². The van der Waals surface area contributed by atoms with E-state index in [1.165, 1.54) is 0 Å². The second-order valence-corrected chi connectivity index (χ2v) is 9.26. The molecule has 0 saturated carbocycles. The summed E-state index contributed by atoms with van der Waals surface area (Å²) in [6, 6.07) is 13.6. The topological polar surface area (TPSA) is 92.8 Å². The lowest BCUT2D eigenvalue weighted by molar-refractivity contribution is 0.0765. The fourth-order valence-corrected chi connectivity index (χ4v) is 4.28. The van der Waals surface area contributed by atoms with Gasteiger partial charge in [-0.2, -0.15) is 0 Å². The number of ether oxygens (including phenoxy) is 1. The normalized spacial score (nSPS) is 17.3. The van der Waals surface area contributed by atoms with E-state index in [0.29, 0.717) is 29.1 Å². The molecule has 1 fully saturated rings. The van der Waals surface area contributed by atoms with Crippen molar-refractivity contribution in [3.8, 4) is 5.75 Å². The van der Waals surface area contributed by atoms with Crippen molar-refractivity contribution in [3.63, 3.8) is 0 Å². The number of hydrogen-bond donors (Lipinski definition) is 1. The molecule has 1 saturated heterocycles. The Morgan fingerprint density at radius 1 is 1.13 bits per heavy atom. The molecule has 160 valence electrons. The summed E-state index contributed by atoms with van der Waals surface area (Å²) in [4.78, 5) is 27.7. The van der Waals surface area contributed by atoms with E-state index in [2.05, 4.69) is 4.72 Å². The largest absolute Gasteiger partial charge is 0.496 e. The molecule has 3 rings (SSSR count). The number of piperidine rings is 1. The number of carbonyl (C=O) groups excluding carboxylic acids is 2. The number of hydrogen-bond acceptors (Lipinski definition) is 6. The molecule has 1 unspecified atom stereocenters. The summed E-state index contributed by atoms with van der Waals surface area (Å²) in [6.45, 7) is 1.50. The predicted octanol–water partition coefficient (Wildman–Crippen LogP) is 2.84. The van der Waals surface area contributed by atoms with Gasteiger partial charge in [0.2, 0.25) is 10.0 Å². The van der Waals surface area contributed by atoms with Crippen LogP contribution in [0.4, 0.5) is 5.69 Å². The number of para-hydroxylation sites is 1. The number of anilines is 1. The molecule has 0 bridgehead atoms. The summed E-state index contributed by atoms with van der Waals surface area (Å²) < 4.78 is 30.3. The number of ketones is 2. The highest BCUT2D eigenvalue weighted by Gasteiger charge is 2.29. The zero-order valence-electron chi connectivity index (χ0n) is 17.1. The Bertz CT molecular complexity index is 1020. The first-order chi connectivity index (χ1) is 14.3. The number of methoxy groups -OCH3 is 1. The number of benzene rings is 2. The molecule has 0 radical (unpaired) electrons. The first kappa shape index (κ1) is 22.0. The number of likely N-dealkylation sites (tertiary alicyclic amines) is 1. The standard InChI is InChI=1S/C22H26N2O5S/c1-29-21-8-4-3-7-19(21)22(26)17-6-5-13-24(14-17)15-20(25)16-9-11-18(12-10-16)23-30(2,27)28/h3-4,7-12,17,23H,5-6,13-15H2,1-2H3. The smallest absolute Gasteiger partial charge is 0.229 e. The van der Waals surface area contributed by atoms with Crippen molar-refractivity contribution in [2.75, 3.05) is 37.7 Å². The Morgan fingerprint density at radius 3 is 2.50 bits per heavy atom. The minimum atomic E-state index is -3.36. The second kappa shape index (κ2) is 9.40. The third kappa shape index (κ3) is 5.67. The quantitative estimate of drug-likeness (QED) is 0.648. The van der Waals surface area contributed by atoms with Crippen LogP contribution in [0.25, 0.3) is 0 Å². The van der Waals surface area contributed by atoms with Crippen molar-refractivity contribution in [2.24, 2.45) is 5.92 Å². The van der Waals surface area contributed by atoms with Gasteiger partial charge >= 0.3 is 0 Å². The third-order valence-electron chi connectivity index (χ3n) is 5.13. The van der Waals surface area contributed by atoms with Crippen molar-refractivity contribution < 1.29 is 22.7 Å². The van der Waals surface area contributed by atoms with Gasteiger partial charge < -0.3 is 4.74 Å². The Labute approximate surface area is 177 Å². The molecule has 0 amide bonds. The summed E-state index contributed by atoms with van der Waals surface area (Å²) in [5, 5.41) is 0. The van der Waals surface area contributed by atoms with Crippen LogP contribution in [0.1, 0.15) is 33.6 Å². The second-order valence-electron chi connectivity index (χ2n) is 7.51. The lowest BCUT2D eigenvalue weighted by atomic mass is 9.89. The van der Waals surface area contributed by atoms with E-state index in [9.17, 15) is 18.0 Å². The minimum absolute atomic E-state index is 0.0424. The van der Waals surface area contributed by atoms with Crippen LogP contribution in [0.15, 0.2) is 48.5 Å². The van der Waals surface area contributed by atoms with E-state index in [1.54, 1.807) is 43.5 Å². The van der Waals surface area contributed by atoms with Crippen molar-refractivity contribution in [1.82, 2.24) is 4.90 Å². The zero-order valence-corrected chi connectivity index (χ0v) is 17.9. The van der Waals surface area contributed by atoms with E-state index in [1.807, 2.05) is 17.0 Å². The van der Waals surface area contributed by atoms with Gasteiger partial charge in [0.1, 0.15) is 5.75 Å². The summed E-state index contributed by atoms with van der Waals surface area (Å²) in [5.74, 6) is 0.370. The molecule has 7 nitrogen and oxygen atoms in total. The molecule has 8 heteroatoms. The van der Waals surface area contributed by atoms with Gasteiger partial charge in [0.25, 0.3) is 0 Å². The van der Waals surface area contributed by atoms with E-state index in [0.717, 1.165) is 25.6 Å². The molecule has 1 N–H and O–H groups in total. The molecule has 30 heavy (non-hydrogen) atoms. The Hall–Kier alpha value is -2.71. The first-order valence-electron chi connectivity index (χ1n) is 9.77. The average molecular weight is 431 g/mol. The van der Waals surface area contributed by atoms with Crippen molar-refractivity contribution >= 4 is 27.3 Å². The molecule has 2 aromatic carbocycles. The lowest BCUT2D eigenvalue weighted by Gasteiger charge is -2.31. The van der Waals surface area contributed by atoms with Gasteiger partial charge in [0.05, 0.1) is 25.5 Å². The van der Waals surface area contributed by atoms with E-state index >= 15 is 0 Å². The predicted molar refractivity (Wildman–Crippen MR) is 116 cm³/mol. The van der Waals surface area contributed by atoms with Gasteiger partial charge in [-0.05, 0) is 55.8 Å². The molecular formula is C22H26N2O5S. The van der Waals surface area contributed by atoms with Gasteiger partial charge in [-0.3, -0.25) is 19.2 Å². The molecule has 1 aliphatic rings. The Kier molecular flexibility index (Phi) is 6.89. The number of Topliss-reactive ketones (excluding diaryl/α,β-unsaturated/α-hetero) is 2. The molecular weight excluding hydrogens is 404 g/mol. The molecule has 0 spiro atoms. The van der Waals surface area contributed by atoms with Crippen LogP contribution < -0.4 is 9.46 Å². The van der Waals surface area contributed by atoms with E-state index in [4.69, 9.17) is 4.74 Å². The van der Waals surface area contributed by atoms with Gasteiger partial charge in [-0.25, -0.2) is 8.42 Å². The third-order valence-corrected chi connectivity index (χ3v) is 5.73. The Balaban J connectivity index is 1.63. The van der Waals surface area contributed by atoms with Gasteiger partial charge in [0.15, 0.2) is 11.6 Å². The van der Waals surface area contributed by atoms with Gasteiger partial charge in [0, 0.05) is 23.7 Å². The van der Waals surface area contributed by atoms with Crippen LogP contribution in [0.2, 0.25) is 0 Å². The molecule has 0 aromatic heterocycles. The van der Waals surface area contributed by atoms with E-state index in [-0.39, 0.29) is 24.0 Å². The molecule has 1 atom stereocenters. The molecule has 0 aliphatic carbocycles. The monoisotopic (exact) mass is 430 g/mol. The summed E-state index contributed by atoms with van der Waals surface area (Å²) in [6.07, 6.45) is 2.70. The number of rotatable bonds is 8. The van der Waals surface area contributed by atoms with Crippen LogP contribution in [-0.2, 0) is 10.0 Å². The average Bonchev–Trinajstić information content (AvgIpc) is 2.72. The van der Waals surface area contributed by atoms with E-state index < -0.39 is 10.0 Å². The maximum absolute atomic E-state index is 13.0. The lowest BCUT2D eigenvalue weighted by Crippen LogP contribution is -2.41. The van der Waals surface area contributed by atoms with Gasteiger partial charge in [-0.1, -0.05) is 12.1 Å². The number of nitrogens with zero attached hydrogens (tertiary/aromatic N) is 1. The maximum atomic E-state index is 13.0. The number of carbonyl (C=O) groups is 2. The fraction of sp³-hybridized carbons (Fsp3) is 0.364. The number of nitrogens with one attached hydrogen (secondary N) is 1. The van der Waals surface area contributed by atoms with Crippen molar-refractivity contribution in [2.45, 2.75) is 12.8 Å². The van der Waals surface area contributed by atoms with Crippen LogP contribution in [-0.4, -0.2) is 57.9 Å². The van der Waals surface area contributed by atoms with Crippen LogP contribution in [0, 0.1) is 5.92 Å². The molecule has 1 heterocycles. The highest BCUT2D eigenvalue weighted by Crippen LogP contribution is 2.26. The molecule has 1 aliphatic heterocycles. The molecule has 2 aromatic rings. The minimum Gasteiger partial charge on any atom is -0.496 e. The highest BCUT2D eigenvalue weighted by atomic mass is 32.2. The first-order valence-corrected chi connectivity index (χ1v) is 11.7. The summed E-state index contributed by atoms with van der Waals surface area (Å²) >= 11 is 0. The summed E-state index contributed by atoms with van der Waals surface area (Å²) in [7, 11) is -1.81. The zero-order chi connectivity index (χ0) is 21.7. The summed E-state index contributed by atoms with van der Waals surface area (Å²) in [5.41, 5.74) is 1.49. The fourth-order valence-electron chi connectivity index (χ4n) is 3.71. The van der Waals surface area contributed by atoms with Crippen molar-refractivity contribution in [1.29, 1.82) is 0 Å². The van der Waals surface area contributed by atoms with Crippen LogP contribution >= 0.6 is 0 Å². The van der Waals surface area contributed by atoms with Crippen LogP contribution in [0.3, 0.4) is 0 Å². The highest BCUT2D eigenvalue weighted by molar-refractivity contribution is 7.92. The van der Waals surface area contributed by atoms with Gasteiger partial charge in [-0.15, -0.1) is 0 Å².